The summed E-state index contributed by atoms with van der Waals surface area (Å²) in [5.41, 5.74) is 0.937. The van der Waals surface area contributed by atoms with Crippen molar-refractivity contribution < 1.29 is 14.3 Å². The SMILES string of the molecule is C[C@@H](NC(=O)CCc1ccccc1Cl)C(=O)N1CCOCC1. The highest BCUT2D eigenvalue weighted by molar-refractivity contribution is 6.31. The van der Waals surface area contributed by atoms with E-state index in [0.717, 1.165) is 5.56 Å². The number of benzene rings is 1. The van der Waals surface area contributed by atoms with Crippen LogP contribution in [0.4, 0.5) is 0 Å². The van der Waals surface area contributed by atoms with E-state index in [2.05, 4.69) is 5.32 Å². The monoisotopic (exact) mass is 324 g/mol. The third-order valence-corrected chi connectivity index (χ3v) is 4.02. The minimum absolute atomic E-state index is 0.0607. The molecule has 22 heavy (non-hydrogen) atoms. The summed E-state index contributed by atoms with van der Waals surface area (Å²) in [5, 5.41) is 3.41. The van der Waals surface area contributed by atoms with Crippen LogP contribution in [0.25, 0.3) is 0 Å². The van der Waals surface area contributed by atoms with Crippen LogP contribution < -0.4 is 5.32 Å². The lowest BCUT2D eigenvalue weighted by Crippen LogP contribution is -2.50. The minimum atomic E-state index is -0.517. The summed E-state index contributed by atoms with van der Waals surface area (Å²) >= 11 is 6.06. The van der Waals surface area contributed by atoms with Gasteiger partial charge in [0, 0.05) is 24.5 Å². The molecule has 1 heterocycles. The number of hydrogen-bond acceptors (Lipinski definition) is 3. The zero-order chi connectivity index (χ0) is 15.9. The Hall–Kier alpha value is -1.59. The molecular formula is C16H21ClN2O3. The maximum Gasteiger partial charge on any atom is 0.245 e. The largest absolute Gasteiger partial charge is 0.378 e. The molecule has 1 saturated heterocycles. The van der Waals surface area contributed by atoms with Crippen LogP contribution in [-0.2, 0) is 20.7 Å². The number of halogens is 1. The molecular weight excluding hydrogens is 304 g/mol. The first-order chi connectivity index (χ1) is 10.6. The lowest BCUT2D eigenvalue weighted by atomic mass is 10.1. The highest BCUT2D eigenvalue weighted by Crippen LogP contribution is 2.16. The summed E-state index contributed by atoms with van der Waals surface area (Å²) in [6.07, 6.45) is 0.869. The molecule has 0 aliphatic carbocycles. The van der Waals surface area contributed by atoms with Gasteiger partial charge in [-0.25, -0.2) is 0 Å². The second-order valence-electron chi connectivity index (χ2n) is 5.32. The van der Waals surface area contributed by atoms with Crippen LogP contribution in [0.1, 0.15) is 18.9 Å². The van der Waals surface area contributed by atoms with E-state index in [1.54, 1.807) is 17.9 Å². The molecule has 120 valence electrons. The highest BCUT2D eigenvalue weighted by Gasteiger charge is 2.23. The molecule has 1 aromatic rings. The van der Waals surface area contributed by atoms with Crippen molar-refractivity contribution in [2.75, 3.05) is 26.3 Å². The second kappa shape index (κ2) is 8.15. The Bertz CT molecular complexity index is 530. The van der Waals surface area contributed by atoms with Gasteiger partial charge in [0.25, 0.3) is 0 Å². The van der Waals surface area contributed by atoms with Crippen LogP contribution in [0.5, 0.6) is 0 Å². The maximum atomic E-state index is 12.2. The van der Waals surface area contributed by atoms with Crippen molar-refractivity contribution in [1.82, 2.24) is 10.2 Å². The number of nitrogens with zero attached hydrogens (tertiary/aromatic N) is 1. The maximum absolute atomic E-state index is 12.2. The Kier molecular flexibility index (Phi) is 6.21. The number of morpholine rings is 1. The van der Waals surface area contributed by atoms with Crippen LogP contribution in [-0.4, -0.2) is 49.1 Å². The molecule has 6 heteroatoms. The van der Waals surface area contributed by atoms with E-state index >= 15 is 0 Å². The predicted octanol–water partition coefficient (Wildman–Crippen LogP) is 1.64. The van der Waals surface area contributed by atoms with Crippen LogP contribution in [0.15, 0.2) is 24.3 Å². The van der Waals surface area contributed by atoms with E-state index < -0.39 is 6.04 Å². The Labute approximate surface area is 135 Å². The molecule has 1 aromatic carbocycles. The number of carbonyl (C=O) groups is 2. The van der Waals surface area contributed by atoms with Crippen molar-refractivity contribution in [2.45, 2.75) is 25.8 Å². The molecule has 0 bridgehead atoms. The zero-order valence-corrected chi connectivity index (χ0v) is 13.4. The molecule has 1 fully saturated rings. The number of ether oxygens (including phenoxy) is 1. The number of aryl methyl sites for hydroxylation is 1. The van der Waals surface area contributed by atoms with Crippen LogP contribution in [0.2, 0.25) is 5.02 Å². The van der Waals surface area contributed by atoms with Gasteiger partial charge in [0.2, 0.25) is 11.8 Å². The zero-order valence-electron chi connectivity index (χ0n) is 12.7. The van der Waals surface area contributed by atoms with Gasteiger partial charge in [0.1, 0.15) is 6.04 Å². The molecule has 1 aliphatic rings. The quantitative estimate of drug-likeness (QED) is 0.895. The lowest BCUT2D eigenvalue weighted by Gasteiger charge is -2.29. The van der Waals surface area contributed by atoms with Crippen LogP contribution in [0, 0.1) is 0 Å². The Morgan fingerprint density at radius 3 is 2.68 bits per heavy atom. The van der Waals surface area contributed by atoms with Gasteiger partial charge in [-0.15, -0.1) is 0 Å². The van der Waals surface area contributed by atoms with Crippen molar-refractivity contribution >= 4 is 23.4 Å². The summed E-state index contributed by atoms with van der Waals surface area (Å²) in [6.45, 7) is 3.99. The summed E-state index contributed by atoms with van der Waals surface area (Å²) in [5.74, 6) is -0.205. The van der Waals surface area contributed by atoms with E-state index in [1.807, 2.05) is 18.2 Å². The molecule has 1 aliphatic heterocycles. The first-order valence-corrected chi connectivity index (χ1v) is 7.85. The van der Waals surface area contributed by atoms with Crippen LogP contribution >= 0.6 is 11.6 Å². The Morgan fingerprint density at radius 2 is 2.00 bits per heavy atom. The van der Waals surface area contributed by atoms with E-state index in [-0.39, 0.29) is 11.8 Å². The third kappa shape index (κ3) is 4.71. The van der Waals surface area contributed by atoms with E-state index in [9.17, 15) is 9.59 Å². The van der Waals surface area contributed by atoms with Crippen molar-refractivity contribution in [2.24, 2.45) is 0 Å². The first kappa shape index (κ1) is 16.8. The number of nitrogens with one attached hydrogen (secondary N) is 1. The fourth-order valence-electron chi connectivity index (χ4n) is 2.38. The molecule has 2 rings (SSSR count). The molecule has 0 spiro atoms. The smallest absolute Gasteiger partial charge is 0.245 e. The number of carbonyl (C=O) groups excluding carboxylic acids is 2. The molecule has 1 atom stereocenters. The van der Waals surface area contributed by atoms with Gasteiger partial charge in [-0.3, -0.25) is 9.59 Å². The minimum Gasteiger partial charge on any atom is -0.378 e. The van der Waals surface area contributed by atoms with E-state index in [1.165, 1.54) is 0 Å². The molecule has 0 unspecified atom stereocenters. The van der Waals surface area contributed by atoms with Crippen molar-refractivity contribution in [3.63, 3.8) is 0 Å². The number of amides is 2. The predicted molar refractivity (Wildman–Crippen MR) is 84.8 cm³/mol. The lowest BCUT2D eigenvalue weighted by molar-refractivity contribution is -0.139. The van der Waals surface area contributed by atoms with Gasteiger partial charge in [0.05, 0.1) is 13.2 Å². The van der Waals surface area contributed by atoms with Crippen molar-refractivity contribution in [3.05, 3.63) is 34.9 Å². The molecule has 1 N–H and O–H groups in total. The Balaban J connectivity index is 1.78. The second-order valence-corrected chi connectivity index (χ2v) is 5.73. The van der Waals surface area contributed by atoms with Crippen LogP contribution in [0.3, 0.4) is 0 Å². The highest BCUT2D eigenvalue weighted by atomic mass is 35.5. The van der Waals surface area contributed by atoms with Gasteiger partial charge < -0.3 is 15.0 Å². The van der Waals surface area contributed by atoms with Gasteiger partial charge in [0.15, 0.2) is 0 Å². The van der Waals surface area contributed by atoms with Crippen molar-refractivity contribution in [3.8, 4) is 0 Å². The van der Waals surface area contributed by atoms with Crippen molar-refractivity contribution in [1.29, 1.82) is 0 Å². The van der Waals surface area contributed by atoms with E-state index in [0.29, 0.717) is 44.2 Å². The summed E-state index contributed by atoms with van der Waals surface area (Å²) in [4.78, 5) is 25.9. The first-order valence-electron chi connectivity index (χ1n) is 7.47. The number of rotatable bonds is 5. The van der Waals surface area contributed by atoms with E-state index in [4.69, 9.17) is 16.3 Å². The summed E-state index contributed by atoms with van der Waals surface area (Å²) in [7, 11) is 0. The summed E-state index contributed by atoms with van der Waals surface area (Å²) < 4.78 is 5.22. The van der Waals surface area contributed by atoms with Gasteiger partial charge in [-0.05, 0) is 25.0 Å². The van der Waals surface area contributed by atoms with Gasteiger partial charge >= 0.3 is 0 Å². The fraction of sp³-hybridized carbons (Fsp3) is 0.500. The molecule has 0 saturated carbocycles. The third-order valence-electron chi connectivity index (χ3n) is 3.65. The Morgan fingerprint density at radius 1 is 1.32 bits per heavy atom. The van der Waals surface area contributed by atoms with Gasteiger partial charge in [-0.2, -0.15) is 0 Å². The molecule has 2 amide bonds. The molecule has 5 nitrogen and oxygen atoms in total. The average Bonchev–Trinajstić information content (AvgIpc) is 2.54. The normalized spacial score (nSPS) is 16.2. The summed E-state index contributed by atoms with van der Waals surface area (Å²) in [6, 6.07) is 6.94. The topological polar surface area (TPSA) is 58.6 Å². The fourth-order valence-corrected chi connectivity index (χ4v) is 2.61. The molecule has 0 radical (unpaired) electrons. The number of hydrogen-bond donors (Lipinski definition) is 1. The standard InChI is InChI=1S/C16H21ClN2O3/c1-12(16(21)19-8-10-22-11-9-19)18-15(20)7-6-13-4-2-3-5-14(13)17/h2-5,12H,6-11H2,1H3,(H,18,20)/t12-/m1/s1. The molecule has 0 aromatic heterocycles. The average molecular weight is 325 g/mol. The van der Waals surface area contributed by atoms with Gasteiger partial charge in [-0.1, -0.05) is 29.8 Å².